The van der Waals surface area contributed by atoms with Crippen molar-refractivity contribution in [3.63, 3.8) is 0 Å². The van der Waals surface area contributed by atoms with Crippen LogP contribution in [0.2, 0.25) is 0 Å². The number of hydrogen-bond acceptors (Lipinski definition) is 8. The van der Waals surface area contributed by atoms with E-state index in [4.69, 9.17) is 14.5 Å². The number of carbonyl (C=O) groups excluding carboxylic acids is 1. The number of hydrogen-bond donors (Lipinski definition) is 0. The van der Waals surface area contributed by atoms with Gasteiger partial charge in [0.2, 0.25) is 0 Å². The van der Waals surface area contributed by atoms with Gasteiger partial charge in [0.1, 0.15) is 6.10 Å². The van der Waals surface area contributed by atoms with Crippen molar-refractivity contribution in [2.75, 3.05) is 24.8 Å². The van der Waals surface area contributed by atoms with Gasteiger partial charge in [0.05, 0.1) is 42.7 Å². The summed E-state index contributed by atoms with van der Waals surface area (Å²) in [5.74, 6) is 0.604. The average Bonchev–Trinajstić information content (AvgIpc) is 3.47. The molecule has 1 saturated heterocycles. The number of carbonyl (C=O) groups is 1. The Morgan fingerprint density at radius 2 is 2.09 bits per heavy atom. The van der Waals surface area contributed by atoms with Gasteiger partial charge in [-0.25, -0.2) is 14.5 Å². The molecular formula is C22H21N6O4P. The summed E-state index contributed by atoms with van der Waals surface area (Å²) in [5.41, 5.74) is 4.35. The number of nitriles is 1. The Labute approximate surface area is 190 Å². The van der Waals surface area contributed by atoms with E-state index >= 15 is 0 Å². The Morgan fingerprint density at radius 1 is 1.27 bits per heavy atom. The van der Waals surface area contributed by atoms with Crippen molar-refractivity contribution in [1.29, 1.82) is 5.26 Å². The van der Waals surface area contributed by atoms with Crippen LogP contribution in [0.15, 0.2) is 42.7 Å². The minimum Gasteiger partial charge on any atom is -0.441 e. The van der Waals surface area contributed by atoms with Crippen molar-refractivity contribution in [2.45, 2.75) is 25.0 Å². The average molecular weight is 464 g/mol. The molecule has 1 fully saturated rings. The molecule has 0 aliphatic carbocycles. The monoisotopic (exact) mass is 464 g/mol. The largest absolute Gasteiger partial charge is 0.441 e. The van der Waals surface area contributed by atoms with Crippen LogP contribution < -0.4 is 4.90 Å². The smallest absolute Gasteiger partial charge is 0.415 e. The number of amides is 1. The Kier molecular flexibility index (Phi) is 5.23. The fourth-order valence-corrected chi connectivity index (χ4v) is 4.62. The predicted octanol–water partition coefficient (Wildman–Crippen LogP) is 3.20. The highest BCUT2D eigenvalue weighted by Crippen LogP contribution is 2.43. The van der Waals surface area contributed by atoms with Crippen LogP contribution in [0.4, 0.5) is 10.5 Å². The van der Waals surface area contributed by atoms with Gasteiger partial charge in [-0.15, -0.1) is 5.10 Å². The van der Waals surface area contributed by atoms with E-state index in [1.54, 1.807) is 30.6 Å². The van der Waals surface area contributed by atoms with E-state index < -0.39 is 19.6 Å². The van der Waals surface area contributed by atoms with Gasteiger partial charge in [0, 0.05) is 25.1 Å². The number of anilines is 1. The summed E-state index contributed by atoms with van der Waals surface area (Å²) in [7, 11) is -2.67. The summed E-state index contributed by atoms with van der Waals surface area (Å²) in [6.07, 6.45) is 3.40. The number of aromatic nitrogens is 4. The molecule has 5 rings (SSSR count). The Balaban J connectivity index is 1.35. The lowest BCUT2D eigenvalue weighted by atomic mass is 10.0. The van der Waals surface area contributed by atoms with Gasteiger partial charge < -0.3 is 9.26 Å². The minimum atomic E-state index is -2.67. The van der Waals surface area contributed by atoms with Gasteiger partial charge in [0.25, 0.3) is 0 Å². The zero-order chi connectivity index (χ0) is 23.2. The maximum Gasteiger partial charge on any atom is 0.415 e. The second-order valence-electron chi connectivity index (χ2n) is 8.35. The highest BCUT2D eigenvalue weighted by atomic mass is 31.2. The van der Waals surface area contributed by atoms with E-state index in [2.05, 4.69) is 21.4 Å². The first kappa shape index (κ1) is 21.3. The molecule has 3 aromatic rings. The van der Waals surface area contributed by atoms with Crippen LogP contribution in [0.3, 0.4) is 0 Å². The summed E-state index contributed by atoms with van der Waals surface area (Å²) in [6, 6.07) is 11.6. The summed E-state index contributed by atoms with van der Waals surface area (Å²) in [4.78, 5) is 18.6. The van der Waals surface area contributed by atoms with Crippen LogP contribution >= 0.6 is 7.37 Å². The van der Waals surface area contributed by atoms with Crippen molar-refractivity contribution in [1.82, 2.24) is 20.0 Å². The van der Waals surface area contributed by atoms with E-state index in [1.165, 1.54) is 4.68 Å². The SMILES string of the molecule is CP(C)(=O)OCC1OC(=O)N2c3ccc(-c4ccc(-n5cc(CC#N)nn5)nc4)cc3CC12. The number of cyclic esters (lactones) is 1. The molecule has 2 aliphatic heterocycles. The van der Waals surface area contributed by atoms with Crippen molar-refractivity contribution >= 4 is 19.1 Å². The third-order valence-corrected chi connectivity index (χ3v) is 6.42. The van der Waals surface area contributed by atoms with Crippen LogP contribution in [0, 0.1) is 11.3 Å². The highest BCUT2D eigenvalue weighted by Gasteiger charge is 2.47. The van der Waals surface area contributed by atoms with Crippen LogP contribution in [-0.2, 0) is 26.7 Å². The third kappa shape index (κ3) is 4.13. The predicted molar refractivity (Wildman–Crippen MR) is 120 cm³/mol. The standard InChI is InChI=1S/C22H21N6O4P/c1-33(2,30)31-13-20-19-10-16-9-14(3-5-18(16)28(19)22(29)32-20)15-4-6-21(24-11-15)27-12-17(7-8-23)25-26-27/h3-6,9,11-12,19-20H,7,10,13H2,1-2H3. The molecule has 1 amide bonds. The summed E-state index contributed by atoms with van der Waals surface area (Å²) in [6.45, 7) is 3.21. The number of fused-ring (bicyclic) bond motifs is 3. The molecule has 0 bridgehead atoms. The summed E-state index contributed by atoms with van der Waals surface area (Å²) in [5, 5.41) is 16.7. The van der Waals surface area contributed by atoms with E-state index in [0.717, 1.165) is 22.4 Å². The quantitative estimate of drug-likeness (QED) is 0.510. The molecule has 0 saturated carbocycles. The van der Waals surface area contributed by atoms with Gasteiger partial charge in [-0.1, -0.05) is 11.3 Å². The number of ether oxygens (including phenoxy) is 1. The van der Waals surface area contributed by atoms with Gasteiger partial charge in [-0.05, 0) is 41.8 Å². The molecule has 2 unspecified atom stereocenters. The molecular weight excluding hydrogens is 443 g/mol. The van der Waals surface area contributed by atoms with E-state index in [-0.39, 0.29) is 19.1 Å². The number of pyridine rings is 1. The van der Waals surface area contributed by atoms with Crippen molar-refractivity contribution in [2.24, 2.45) is 0 Å². The van der Waals surface area contributed by atoms with Gasteiger partial charge >= 0.3 is 6.09 Å². The van der Waals surface area contributed by atoms with Gasteiger partial charge in [-0.3, -0.25) is 9.46 Å². The molecule has 10 nitrogen and oxygen atoms in total. The molecule has 0 spiro atoms. The molecule has 2 atom stereocenters. The van der Waals surface area contributed by atoms with E-state index in [0.29, 0.717) is 17.9 Å². The Bertz CT molecular complexity index is 1310. The first-order chi connectivity index (χ1) is 15.8. The second kappa shape index (κ2) is 8.10. The van der Waals surface area contributed by atoms with E-state index in [1.807, 2.05) is 30.3 Å². The Morgan fingerprint density at radius 3 is 2.82 bits per heavy atom. The normalized spacial score (nSPS) is 19.2. The molecule has 11 heteroatoms. The second-order valence-corrected chi connectivity index (χ2v) is 11.1. The molecule has 4 heterocycles. The van der Waals surface area contributed by atoms with Crippen LogP contribution in [0.5, 0.6) is 0 Å². The van der Waals surface area contributed by atoms with Gasteiger partial charge in [0.15, 0.2) is 13.2 Å². The van der Waals surface area contributed by atoms with Gasteiger partial charge in [-0.2, -0.15) is 5.26 Å². The minimum absolute atomic E-state index is 0.113. The lowest BCUT2D eigenvalue weighted by Gasteiger charge is -2.17. The third-order valence-electron chi connectivity index (χ3n) is 5.64. The molecule has 0 N–H and O–H groups in total. The Hall–Kier alpha value is -3.54. The van der Waals surface area contributed by atoms with Crippen LogP contribution in [-0.4, -0.2) is 58.2 Å². The summed E-state index contributed by atoms with van der Waals surface area (Å²) < 4.78 is 24.3. The van der Waals surface area contributed by atoms with Crippen LogP contribution in [0.1, 0.15) is 11.3 Å². The maximum absolute atomic E-state index is 12.5. The molecule has 168 valence electrons. The lowest BCUT2D eigenvalue weighted by Crippen LogP contribution is -2.35. The van der Waals surface area contributed by atoms with Crippen molar-refractivity contribution < 1.29 is 18.6 Å². The number of benzene rings is 1. The molecule has 0 radical (unpaired) electrons. The first-order valence-corrected chi connectivity index (χ1v) is 12.9. The zero-order valence-electron chi connectivity index (χ0n) is 18.1. The number of nitrogens with zero attached hydrogens (tertiary/aromatic N) is 6. The number of rotatable bonds is 6. The zero-order valence-corrected chi connectivity index (χ0v) is 19.0. The van der Waals surface area contributed by atoms with Crippen LogP contribution in [0.25, 0.3) is 16.9 Å². The summed E-state index contributed by atoms with van der Waals surface area (Å²) >= 11 is 0. The molecule has 33 heavy (non-hydrogen) atoms. The molecule has 1 aromatic carbocycles. The van der Waals surface area contributed by atoms with E-state index in [9.17, 15) is 9.36 Å². The fourth-order valence-electron chi connectivity index (χ4n) is 4.12. The van der Waals surface area contributed by atoms with Crippen molar-refractivity contribution in [3.8, 4) is 23.0 Å². The molecule has 2 aliphatic rings. The fraction of sp³-hybridized carbons (Fsp3) is 0.318. The highest BCUT2D eigenvalue weighted by molar-refractivity contribution is 7.57. The topological polar surface area (TPSA) is 123 Å². The maximum atomic E-state index is 12.5. The van der Waals surface area contributed by atoms with Crippen molar-refractivity contribution in [3.05, 3.63) is 54.0 Å². The lowest BCUT2D eigenvalue weighted by molar-refractivity contribution is 0.0935. The first-order valence-electron chi connectivity index (χ1n) is 10.4. The molecule has 2 aromatic heterocycles.